The quantitative estimate of drug-likeness (QED) is 0.475. The zero-order valence-electron chi connectivity index (χ0n) is 14.9. The minimum absolute atomic E-state index is 0.162. The summed E-state index contributed by atoms with van der Waals surface area (Å²) in [5.41, 5.74) is 1.44. The fourth-order valence-electron chi connectivity index (χ4n) is 2.48. The number of benzene rings is 1. The molecule has 3 rings (SSSR count). The Bertz CT molecular complexity index is 1020. The average molecular weight is 403 g/mol. The average Bonchev–Trinajstić information content (AvgIpc) is 3.02. The maximum absolute atomic E-state index is 12.3. The van der Waals surface area contributed by atoms with Crippen molar-refractivity contribution in [3.63, 3.8) is 0 Å². The molecule has 0 unspecified atom stereocenters. The van der Waals surface area contributed by atoms with E-state index in [2.05, 4.69) is 15.5 Å². The first-order chi connectivity index (χ1) is 13.4. The van der Waals surface area contributed by atoms with E-state index in [1.165, 1.54) is 12.1 Å². The molecular formula is C18H15ClN4O5. The smallest absolute Gasteiger partial charge is 0.412 e. The topological polar surface area (TPSA) is 120 Å². The molecule has 2 heterocycles. The standard InChI is InChI=1S/C18H15ClN4O5/c1-10-16(17(28-22-10)15-8-7-12(9-20-15)23(25)26)21-18(24)27-11(2)13-5-3-4-6-14(13)19/h3-9,11H,1-2H3,(H,21,24)/t11-/m1/s1. The first-order valence-corrected chi connectivity index (χ1v) is 8.53. The zero-order chi connectivity index (χ0) is 20.3. The molecule has 0 spiro atoms. The Kier molecular flexibility index (Phi) is 5.55. The molecule has 1 aromatic carbocycles. The lowest BCUT2D eigenvalue weighted by Crippen LogP contribution is -2.17. The highest BCUT2D eigenvalue weighted by molar-refractivity contribution is 6.31. The molecule has 0 aliphatic rings. The number of hydrogen-bond acceptors (Lipinski definition) is 7. The molecule has 9 nitrogen and oxygen atoms in total. The van der Waals surface area contributed by atoms with Gasteiger partial charge in [0.25, 0.3) is 5.69 Å². The van der Waals surface area contributed by atoms with Crippen LogP contribution in [0.25, 0.3) is 11.5 Å². The Balaban J connectivity index is 1.77. The number of nitrogens with one attached hydrogen (secondary N) is 1. The van der Waals surface area contributed by atoms with Crippen LogP contribution in [-0.4, -0.2) is 21.2 Å². The highest BCUT2D eigenvalue weighted by Gasteiger charge is 2.21. The van der Waals surface area contributed by atoms with Crippen LogP contribution in [0.15, 0.2) is 47.1 Å². The molecule has 1 atom stereocenters. The zero-order valence-corrected chi connectivity index (χ0v) is 15.6. The minimum atomic E-state index is -0.734. The molecule has 3 aromatic rings. The molecule has 0 aliphatic carbocycles. The molecule has 1 N–H and O–H groups in total. The van der Waals surface area contributed by atoms with Gasteiger partial charge in [0.1, 0.15) is 29.4 Å². The first-order valence-electron chi connectivity index (χ1n) is 8.16. The third-order valence-electron chi connectivity index (χ3n) is 3.91. The van der Waals surface area contributed by atoms with Crippen LogP contribution in [-0.2, 0) is 4.74 Å². The van der Waals surface area contributed by atoms with Crippen molar-refractivity contribution in [1.82, 2.24) is 10.1 Å². The SMILES string of the molecule is Cc1noc(-c2ccc([N+](=O)[O-])cn2)c1NC(=O)O[C@H](C)c1ccccc1Cl. The second-order valence-electron chi connectivity index (χ2n) is 5.82. The number of nitrogens with zero attached hydrogens (tertiary/aromatic N) is 3. The number of ether oxygens (including phenoxy) is 1. The molecular weight excluding hydrogens is 388 g/mol. The highest BCUT2D eigenvalue weighted by Crippen LogP contribution is 2.31. The molecule has 1 amide bonds. The summed E-state index contributed by atoms with van der Waals surface area (Å²) < 4.78 is 10.6. The maximum Gasteiger partial charge on any atom is 0.412 e. The Morgan fingerprint density at radius 1 is 1.32 bits per heavy atom. The lowest BCUT2D eigenvalue weighted by Gasteiger charge is -2.15. The molecule has 10 heteroatoms. The van der Waals surface area contributed by atoms with Crippen LogP contribution in [0.3, 0.4) is 0 Å². The van der Waals surface area contributed by atoms with Crippen LogP contribution >= 0.6 is 11.6 Å². The van der Waals surface area contributed by atoms with E-state index >= 15 is 0 Å². The molecule has 0 saturated carbocycles. The number of rotatable bonds is 5. The van der Waals surface area contributed by atoms with Crippen molar-refractivity contribution in [2.75, 3.05) is 5.32 Å². The Morgan fingerprint density at radius 2 is 2.07 bits per heavy atom. The monoisotopic (exact) mass is 402 g/mol. The summed E-state index contributed by atoms with van der Waals surface area (Å²) in [7, 11) is 0. The summed E-state index contributed by atoms with van der Waals surface area (Å²) in [6.45, 7) is 3.32. The largest absolute Gasteiger partial charge is 0.441 e. The van der Waals surface area contributed by atoms with Gasteiger partial charge in [0, 0.05) is 16.7 Å². The normalized spacial score (nSPS) is 11.7. The molecule has 2 aromatic heterocycles. The second-order valence-corrected chi connectivity index (χ2v) is 6.23. The van der Waals surface area contributed by atoms with Crippen LogP contribution in [0, 0.1) is 17.0 Å². The van der Waals surface area contributed by atoms with Crippen molar-refractivity contribution in [2.24, 2.45) is 0 Å². The maximum atomic E-state index is 12.3. The number of pyridine rings is 1. The van der Waals surface area contributed by atoms with Crippen LogP contribution in [0.4, 0.5) is 16.2 Å². The van der Waals surface area contributed by atoms with E-state index < -0.39 is 17.1 Å². The van der Waals surface area contributed by atoms with Crippen LogP contribution < -0.4 is 5.32 Å². The summed E-state index contributed by atoms with van der Waals surface area (Å²) in [5, 5.41) is 17.6. The Morgan fingerprint density at radius 3 is 2.71 bits per heavy atom. The van der Waals surface area contributed by atoms with Gasteiger partial charge in [-0.3, -0.25) is 15.4 Å². The molecule has 0 aliphatic heterocycles. The van der Waals surface area contributed by atoms with E-state index in [1.54, 1.807) is 38.1 Å². The summed E-state index contributed by atoms with van der Waals surface area (Å²) in [5.74, 6) is 0.162. The van der Waals surface area contributed by atoms with E-state index in [9.17, 15) is 14.9 Å². The third kappa shape index (κ3) is 4.09. The van der Waals surface area contributed by atoms with E-state index in [0.29, 0.717) is 16.3 Å². The van der Waals surface area contributed by atoms with Gasteiger partial charge in [-0.1, -0.05) is 35.0 Å². The van der Waals surface area contributed by atoms with Crippen LogP contribution in [0.2, 0.25) is 5.02 Å². The van der Waals surface area contributed by atoms with Crippen LogP contribution in [0.1, 0.15) is 24.3 Å². The van der Waals surface area contributed by atoms with Gasteiger partial charge in [0.05, 0.1) is 4.92 Å². The number of carbonyl (C=O) groups excluding carboxylic acids is 1. The van der Waals surface area contributed by atoms with Gasteiger partial charge in [-0.05, 0) is 26.0 Å². The molecule has 28 heavy (non-hydrogen) atoms. The predicted molar refractivity (Wildman–Crippen MR) is 101 cm³/mol. The van der Waals surface area contributed by atoms with Gasteiger partial charge >= 0.3 is 6.09 Å². The van der Waals surface area contributed by atoms with Gasteiger partial charge in [0.15, 0.2) is 0 Å². The molecule has 0 bridgehead atoms. The van der Waals surface area contributed by atoms with E-state index in [-0.39, 0.29) is 22.8 Å². The van der Waals surface area contributed by atoms with Gasteiger partial charge in [-0.25, -0.2) is 9.78 Å². The number of amides is 1. The van der Waals surface area contributed by atoms with Crippen molar-refractivity contribution in [3.8, 4) is 11.5 Å². The number of aryl methyl sites for hydroxylation is 1. The molecule has 144 valence electrons. The lowest BCUT2D eigenvalue weighted by atomic mass is 10.1. The van der Waals surface area contributed by atoms with Crippen molar-refractivity contribution < 1.29 is 19.0 Å². The predicted octanol–water partition coefficient (Wildman–Crippen LogP) is 4.92. The highest BCUT2D eigenvalue weighted by atomic mass is 35.5. The van der Waals surface area contributed by atoms with Crippen molar-refractivity contribution in [2.45, 2.75) is 20.0 Å². The number of aromatic nitrogens is 2. The second kappa shape index (κ2) is 8.05. The van der Waals surface area contributed by atoms with Gasteiger partial charge in [-0.2, -0.15) is 0 Å². The Hall–Kier alpha value is -3.46. The van der Waals surface area contributed by atoms with Crippen molar-refractivity contribution >= 4 is 29.1 Å². The summed E-state index contributed by atoms with van der Waals surface area (Å²) in [4.78, 5) is 26.5. The van der Waals surface area contributed by atoms with Crippen LogP contribution in [0.5, 0.6) is 0 Å². The minimum Gasteiger partial charge on any atom is -0.441 e. The summed E-state index contributed by atoms with van der Waals surface area (Å²) in [6, 6.07) is 9.72. The molecule has 0 fully saturated rings. The molecule has 0 radical (unpaired) electrons. The van der Waals surface area contributed by atoms with Crippen molar-refractivity contribution in [3.05, 3.63) is 69.0 Å². The first kappa shape index (κ1) is 19.3. The van der Waals surface area contributed by atoms with Gasteiger partial charge in [-0.15, -0.1) is 0 Å². The van der Waals surface area contributed by atoms with Gasteiger partial charge in [0.2, 0.25) is 5.76 Å². The summed E-state index contributed by atoms with van der Waals surface area (Å²) in [6.07, 6.45) is -0.230. The van der Waals surface area contributed by atoms with Crippen molar-refractivity contribution in [1.29, 1.82) is 0 Å². The van der Waals surface area contributed by atoms with Gasteiger partial charge < -0.3 is 9.26 Å². The molecule has 0 saturated heterocycles. The fraction of sp³-hybridized carbons (Fsp3) is 0.167. The fourth-order valence-corrected chi connectivity index (χ4v) is 2.77. The lowest BCUT2D eigenvalue weighted by molar-refractivity contribution is -0.385. The van der Waals surface area contributed by atoms with E-state index in [1.807, 2.05) is 0 Å². The number of anilines is 1. The number of carbonyl (C=O) groups is 1. The number of halogens is 1. The number of hydrogen-bond donors (Lipinski definition) is 1. The number of nitro groups is 1. The van der Waals surface area contributed by atoms with E-state index in [0.717, 1.165) is 6.20 Å². The third-order valence-corrected chi connectivity index (χ3v) is 4.25. The van der Waals surface area contributed by atoms with E-state index in [4.69, 9.17) is 20.9 Å². The Labute approximate surface area is 164 Å². The summed E-state index contributed by atoms with van der Waals surface area (Å²) >= 11 is 6.12.